The van der Waals surface area contributed by atoms with Crippen LogP contribution < -0.4 is 5.73 Å². The van der Waals surface area contributed by atoms with Crippen LogP contribution in [0.1, 0.15) is 5.69 Å². The fourth-order valence-electron chi connectivity index (χ4n) is 1.27. The summed E-state index contributed by atoms with van der Waals surface area (Å²) in [6.45, 7) is 0.457. The second kappa shape index (κ2) is 4.47. The highest BCUT2D eigenvalue weighted by Crippen LogP contribution is 2.24. The number of rotatable bonds is 2. The Kier molecular flexibility index (Phi) is 3.23. The quantitative estimate of drug-likeness (QED) is 0.920. The standard InChI is InChI=1S/C10H9Br2N3/c11-7-1-2-9(12)10(5-7)15-4-3-8(6-13)14-15/h1-5H,6,13H2. The van der Waals surface area contributed by atoms with Crippen molar-refractivity contribution < 1.29 is 0 Å². The van der Waals surface area contributed by atoms with Crippen LogP contribution in [0.15, 0.2) is 39.4 Å². The number of hydrogen-bond acceptors (Lipinski definition) is 2. The molecule has 0 saturated heterocycles. The Morgan fingerprint density at radius 2 is 2.07 bits per heavy atom. The molecule has 5 heteroatoms. The minimum Gasteiger partial charge on any atom is -0.325 e. The summed E-state index contributed by atoms with van der Waals surface area (Å²) in [4.78, 5) is 0. The van der Waals surface area contributed by atoms with Crippen molar-refractivity contribution in [1.29, 1.82) is 0 Å². The molecule has 0 spiro atoms. The van der Waals surface area contributed by atoms with Crippen LogP contribution in [0.3, 0.4) is 0 Å². The first-order valence-corrected chi connectivity index (χ1v) is 5.99. The summed E-state index contributed by atoms with van der Waals surface area (Å²) in [5.74, 6) is 0. The summed E-state index contributed by atoms with van der Waals surface area (Å²) >= 11 is 6.92. The molecule has 15 heavy (non-hydrogen) atoms. The van der Waals surface area contributed by atoms with Gasteiger partial charge in [0.05, 0.1) is 11.4 Å². The van der Waals surface area contributed by atoms with E-state index in [-0.39, 0.29) is 0 Å². The average Bonchev–Trinajstić information content (AvgIpc) is 2.70. The number of benzene rings is 1. The van der Waals surface area contributed by atoms with E-state index in [2.05, 4.69) is 37.0 Å². The van der Waals surface area contributed by atoms with E-state index in [1.54, 1.807) is 4.68 Å². The molecule has 0 saturated carbocycles. The lowest BCUT2D eigenvalue weighted by Gasteiger charge is -2.04. The van der Waals surface area contributed by atoms with E-state index in [1.165, 1.54) is 0 Å². The molecule has 0 amide bonds. The Morgan fingerprint density at radius 1 is 1.27 bits per heavy atom. The molecule has 1 aromatic carbocycles. The van der Waals surface area contributed by atoms with Crippen LogP contribution in [-0.4, -0.2) is 9.78 Å². The smallest absolute Gasteiger partial charge is 0.0798 e. The number of nitrogens with zero attached hydrogens (tertiary/aromatic N) is 2. The molecule has 0 aliphatic rings. The van der Waals surface area contributed by atoms with Crippen molar-refractivity contribution in [3.8, 4) is 5.69 Å². The van der Waals surface area contributed by atoms with E-state index in [1.807, 2.05) is 30.5 Å². The van der Waals surface area contributed by atoms with Gasteiger partial charge in [0.1, 0.15) is 0 Å². The summed E-state index contributed by atoms with van der Waals surface area (Å²) in [6, 6.07) is 7.86. The molecule has 2 rings (SSSR count). The van der Waals surface area contributed by atoms with E-state index in [4.69, 9.17) is 5.73 Å². The van der Waals surface area contributed by atoms with Crippen molar-refractivity contribution in [3.05, 3.63) is 45.1 Å². The first kappa shape index (κ1) is 10.9. The Bertz CT molecular complexity index is 479. The van der Waals surface area contributed by atoms with Crippen LogP contribution >= 0.6 is 31.9 Å². The first-order valence-electron chi connectivity index (χ1n) is 4.41. The van der Waals surface area contributed by atoms with Gasteiger partial charge in [0, 0.05) is 21.7 Å². The fraction of sp³-hybridized carbons (Fsp3) is 0.100. The van der Waals surface area contributed by atoms with Crippen LogP contribution in [0, 0.1) is 0 Å². The summed E-state index contributed by atoms with van der Waals surface area (Å²) in [5, 5.41) is 4.34. The number of halogens is 2. The van der Waals surface area contributed by atoms with Crippen LogP contribution in [0.2, 0.25) is 0 Å². The van der Waals surface area contributed by atoms with E-state index in [9.17, 15) is 0 Å². The summed E-state index contributed by atoms with van der Waals surface area (Å²) in [5.41, 5.74) is 7.38. The third kappa shape index (κ3) is 2.30. The summed E-state index contributed by atoms with van der Waals surface area (Å²) in [6.07, 6.45) is 1.90. The fourth-order valence-corrected chi connectivity index (χ4v) is 2.04. The van der Waals surface area contributed by atoms with Crippen molar-refractivity contribution in [2.45, 2.75) is 6.54 Å². The molecule has 0 radical (unpaired) electrons. The molecule has 0 atom stereocenters. The molecule has 3 nitrogen and oxygen atoms in total. The molecule has 0 bridgehead atoms. The molecule has 0 fully saturated rings. The van der Waals surface area contributed by atoms with Crippen molar-refractivity contribution in [2.75, 3.05) is 0 Å². The maximum absolute atomic E-state index is 5.51. The molecule has 0 unspecified atom stereocenters. The second-order valence-electron chi connectivity index (χ2n) is 3.05. The molecular formula is C10H9Br2N3. The predicted molar refractivity (Wildman–Crippen MR) is 66.9 cm³/mol. The highest BCUT2D eigenvalue weighted by Gasteiger charge is 2.04. The van der Waals surface area contributed by atoms with Gasteiger partial charge in [-0.25, -0.2) is 4.68 Å². The van der Waals surface area contributed by atoms with Crippen LogP contribution in [-0.2, 0) is 6.54 Å². The lowest BCUT2D eigenvalue weighted by atomic mass is 10.3. The Labute approximate surface area is 105 Å². The van der Waals surface area contributed by atoms with E-state index in [0.717, 1.165) is 20.3 Å². The number of nitrogens with two attached hydrogens (primary N) is 1. The summed E-state index contributed by atoms with van der Waals surface area (Å²) < 4.78 is 3.82. The van der Waals surface area contributed by atoms with Crippen molar-refractivity contribution in [1.82, 2.24) is 9.78 Å². The minimum atomic E-state index is 0.457. The van der Waals surface area contributed by atoms with E-state index in [0.29, 0.717) is 6.54 Å². The molecule has 1 heterocycles. The van der Waals surface area contributed by atoms with E-state index >= 15 is 0 Å². The molecular weight excluding hydrogens is 322 g/mol. The molecule has 0 aliphatic carbocycles. The lowest BCUT2D eigenvalue weighted by Crippen LogP contribution is -2.00. The van der Waals surface area contributed by atoms with Crippen LogP contribution in [0.25, 0.3) is 5.69 Å². The number of hydrogen-bond donors (Lipinski definition) is 1. The zero-order valence-electron chi connectivity index (χ0n) is 7.82. The molecule has 78 valence electrons. The molecule has 1 aromatic heterocycles. The Balaban J connectivity index is 2.48. The van der Waals surface area contributed by atoms with Gasteiger partial charge in [-0.2, -0.15) is 5.10 Å². The zero-order chi connectivity index (χ0) is 10.8. The molecule has 0 aliphatic heterocycles. The van der Waals surface area contributed by atoms with Crippen molar-refractivity contribution in [2.24, 2.45) is 5.73 Å². The SMILES string of the molecule is NCc1ccn(-c2cc(Br)ccc2Br)n1. The monoisotopic (exact) mass is 329 g/mol. The van der Waals surface area contributed by atoms with Gasteiger partial charge in [-0.1, -0.05) is 15.9 Å². The molecule has 2 N–H and O–H groups in total. The van der Waals surface area contributed by atoms with Gasteiger partial charge >= 0.3 is 0 Å². The van der Waals surface area contributed by atoms with Crippen LogP contribution in [0.4, 0.5) is 0 Å². The minimum absolute atomic E-state index is 0.457. The van der Waals surface area contributed by atoms with E-state index < -0.39 is 0 Å². The predicted octanol–water partition coefficient (Wildman–Crippen LogP) is 2.86. The second-order valence-corrected chi connectivity index (χ2v) is 4.82. The normalized spacial score (nSPS) is 10.6. The van der Waals surface area contributed by atoms with Gasteiger partial charge in [-0.05, 0) is 40.2 Å². The Morgan fingerprint density at radius 3 is 2.73 bits per heavy atom. The molecule has 2 aromatic rings. The number of aromatic nitrogens is 2. The Hall–Kier alpha value is -0.650. The van der Waals surface area contributed by atoms with Gasteiger partial charge in [0.2, 0.25) is 0 Å². The lowest BCUT2D eigenvalue weighted by molar-refractivity contribution is 0.830. The maximum atomic E-state index is 5.51. The topological polar surface area (TPSA) is 43.8 Å². The van der Waals surface area contributed by atoms with Gasteiger partial charge in [-0.15, -0.1) is 0 Å². The third-order valence-electron chi connectivity index (χ3n) is 2.01. The average molecular weight is 331 g/mol. The highest BCUT2D eigenvalue weighted by atomic mass is 79.9. The largest absolute Gasteiger partial charge is 0.325 e. The van der Waals surface area contributed by atoms with Crippen molar-refractivity contribution in [3.63, 3.8) is 0 Å². The van der Waals surface area contributed by atoms with Gasteiger partial charge in [0.25, 0.3) is 0 Å². The van der Waals surface area contributed by atoms with Crippen molar-refractivity contribution >= 4 is 31.9 Å². The third-order valence-corrected chi connectivity index (χ3v) is 3.17. The summed E-state index contributed by atoms with van der Waals surface area (Å²) in [7, 11) is 0. The van der Waals surface area contributed by atoms with Gasteiger partial charge in [0.15, 0.2) is 0 Å². The van der Waals surface area contributed by atoms with Crippen LogP contribution in [0.5, 0.6) is 0 Å². The van der Waals surface area contributed by atoms with Gasteiger partial charge in [-0.3, -0.25) is 0 Å². The highest BCUT2D eigenvalue weighted by molar-refractivity contribution is 9.11. The maximum Gasteiger partial charge on any atom is 0.0798 e. The zero-order valence-corrected chi connectivity index (χ0v) is 11.0. The first-order chi connectivity index (χ1) is 7.20. The van der Waals surface area contributed by atoms with Gasteiger partial charge < -0.3 is 5.73 Å².